The summed E-state index contributed by atoms with van der Waals surface area (Å²) in [4.78, 5) is 0. The van der Waals surface area contributed by atoms with Crippen LogP contribution in [0.2, 0.25) is 0 Å². The quantitative estimate of drug-likeness (QED) is 0.280. The van der Waals surface area contributed by atoms with Gasteiger partial charge in [0.05, 0.1) is 6.54 Å². The summed E-state index contributed by atoms with van der Waals surface area (Å²) >= 11 is 0. The predicted molar refractivity (Wildman–Crippen MR) is 59.3 cm³/mol. The van der Waals surface area contributed by atoms with Gasteiger partial charge < -0.3 is 16.9 Å². The van der Waals surface area contributed by atoms with Gasteiger partial charge in [0.15, 0.2) is 0 Å². The number of nitrogens with zero attached hydrogens (tertiary/aromatic N) is 1. The molecule has 0 spiro atoms. The number of benzene rings is 1. The SMILES string of the molecule is NC(N)=NNCC=Cc1ccccc1. The summed E-state index contributed by atoms with van der Waals surface area (Å²) in [6, 6.07) is 10.0. The van der Waals surface area contributed by atoms with Crippen LogP contribution in [0.15, 0.2) is 41.5 Å². The molecule has 0 atom stereocenters. The van der Waals surface area contributed by atoms with E-state index in [4.69, 9.17) is 11.5 Å². The highest BCUT2D eigenvalue weighted by Crippen LogP contribution is 1.99. The van der Waals surface area contributed by atoms with Crippen molar-refractivity contribution in [3.63, 3.8) is 0 Å². The lowest BCUT2D eigenvalue weighted by Crippen LogP contribution is -2.26. The van der Waals surface area contributed by atoms with Crippen LogP contribution in [0.25, 0.3) is 6.08 Å². The number of nitrogens with one attached hydrogen (secondary N) is 1. The number of nitrogens with two attached hydrogens (primary N) is 2. The van der Waals surface area contributed by atoms with Crippen molar-refractivity contribution in [2.75, 3.05) is 6.54 Å². The minimum Gasteiger partial charge on any atom is -0.369 e. The van der Waals surface area contributed by atoms with Gasteiger partial charge in [-0.1, -0.05) is 42.5 Å². The van der Waals surface area contributed by atoms with E-state index in [0.717, 1.165) is 5.56 Å². The molecular formula is C10H14N4. The first kappa shape index (κ1) is 10.1. The fourth-order valence-corrected chi connectivity index (χ4v) is 0.949. The molecule has 0 unspecified atom stereocenters. The maximum Gasteiger partial charge on any atom is 0.208 e. The Balaban J connectivity index is 2.32. The number of hydrazone groups is 1. The molecule has 1 aromatic rings. The van der Waals surface area contributed by atoms with Crippen molar-refractivity contribution in [2.24, 2.45) is 16.6 Å². The Morgan fingerprint density at radius 3 is 2.64 bits per heavy atom. The molecule has 0 aliphatic carbocycles. The van der Waals surface area contributed by atoms with E-state index in [2.05, 4.69) is 10.5 Å². The molecule has 0 saturated carbocycles. The van der Waals surface area contributed by atoms with E-state index in [1.165, 1.54) is 0 Å². The summed E-state index contributed by atoms with van der Waals surface area (Å²) in [6.07, 6.45) is 3.94. The zero-order valence-corrected chi connectivity index (χ0v) is 7.85. The van der Waals surface area contributed by atoms with Crippen molar-refractivity contribution >= 4 is 12.0 Å². The second kappa shape index (κ2) is 5.64. The number of rotatable bonds is 4. The van der Waals surface area contributed by atoms with Gasteiger partial charge in [-0.2, -0.15) is 0 Å². The van der Waals surface area contributed by atoms with E-state index in [1.54, 1.807) is 0 Å². The molecule has 0 radical (unpaired) electrons. The Morgan fingerprint density at radius 1 is 1.29 bits per heavy atom. The predicted octanol–water partition coefficient (Wildman–Crippen LogP) is 0.478. The van der Waals surface area contributed by atoms with E-state index in [-0.39, 0.29) is 5.96 Å². The van der Waals surface area contributed by atoms with Crippen LogP contribution < -0.4 is 16.9 Å². The van der Waals surface area contributed by atoms with Gasteiger partial charge in [0.1, 0.15) is 0 Å². The summed E-state index contributed by atoms with van der Waals surface area (Å²) in [7, 11) is 0. The monoisotopic (exact) mass is 190 g/mol. The fourth-order valence-electron chi connectivity index (χ4n) is 0.949. The van der Waals surface area contributed by atoms with Crippen molar-refractivity contribution in [3.8, 4) is 0 Å². The third-order valence-electron chi connectivity index (χ3n) is 1.53. The van der Waals surface area contributed by atoms with Crippen LogP contribution in [0.3, 0.4) is 0 Å². The molecule has 0 aliphatic heterocycles. The van der Waals surface area contributed by atoms with Crippen LogP contribution in [-0.4, -0.2) is 12.5 Å². The molecule has 1 rings (SSSR count). The van der Waals surface area contributed by atoms with Gasteiger partial charge in [-0.25, -0.2) is 0 Å². The maximum absolute atomic E-state index is 5.13. The smallest absolute Gasteiger partial charge is 0.208 e. The summed E-state index contributed by atoms with van der Waals surface area (Å²) in [5, 5.41) is 3.63. The molecule has 0 aromatic heterocycles. The van der Waals surface area contributed by atoms with E-state index in [0.29, 0.717) is 6.54 Å². The Hall–Kier alpha value is -1.97. The number of hydrogen-bond acceptors (Lipinski definition) is 2. The molecule has 4 heteroatoms. The third kappa shape index (κ3) is 4.15. The summed E-state index contributed by atoms with van der Waals surface area (Å²) in [6.45, 7) is 0.604. The van der Waals surface area contributed by atoms with Gasteiger partial charge in [0.25, 0.3) is 0 Å². The lowest BCUT2D eigenvalue weighted by atomic mass is 10.2. The first-order valence-corrected chi connectivity index (χ1v) is 4.32. The second-order valence-electron chi connectivity index (χ2n) is 2.71. The summed E-state index contributed by atoms with van der Waals surface area (Å²) in [5.41, 5.74) is 14.1. The van der Waals surface area contributed by atoms with Gasteiger partial charge in [-0.15, -0.1) is 5.10 Å². The molecule has 1 aromatic carbocycles. The van der Waals surface area contributed by atoms with Crippen molar-refractivity contribution < 1.29 is 0 Å². The Morgan fingerprint density at radius 2 is 2.00 bits per heavy atom. The lowest BCUT2D eigenvalue weighted by molar-refractivity contribution is 0.822. The molecule has 0 heterocycles. The topological polar surface area (TPSA) is 76.4 Å². The van der Waals surface area contributed by atoms with Crippen LogP contribution >= 0.6 is 0 Å². The number of guanidine groups is 1. The molecule has 0 amide bonds. The van der Waals surface area contributed by atoms with Crippen LogP contribution in [0.4, 0.5) is 0 Å². The lowest BCUT2D eigenvalue weighted by Gasteiger charge is -1.94. The van der Waals surface area contributed by atoms with Crippen LogP contribution in [-0.2, 0) is 0 Å². The van der Waals surface area contributed by atoms with Crippen LogP contribution in [0.1, 0.15) is 5.56 Å². The molecule has 0 saturated heterocycles. The van der Waals surface area contributed by atoms with Crippen molar-refractivity contribution in [3.05, 3.63) is 42.0 Å². The van der Waals surface area contributed by atoms with E-state index >= 15 is 0 Å². The minimum atomic E-state index is 0.0399. The van der Waals surface area contributed by atoms with E-state index in [1.807, 2.05) is 42.5 Å². The average molecular weight is 190 g/mol. The molecule has 5 N–H and O–H groups in total. The maximum atomic E-state index is 5.13. The van der Waals surface area contributed by atoms with Crippen molar-refractivity contribution in [2.45, 2.75) is 0 Å². The molecule has 0 aliphatic rings. The molecule has 74 valence electrons. The fraction of sp³-hybridized carbons (Fsp3) is 0.100. The molecular weight excluding hydrogens is 176 g/mol. The van der Waals surface area contributed by atoms with Crippen LogP contribution in [0.5, 0.6) is 0 Å². The Kier molecular flexibility index (Phi) is 4.07. The minimum absolute atomic E-state index is 0.0399. The summed E-state index contributed by atoms with van der Waals surface area (Å²) in [5.74, 6) is 0.0399. The van der Waals surface area contributed by atoms with E-state index < -0.39 is 0 Å². The average Bonchev–Trinajstić information content (AvgIpc) is 2.18. The molecule has 14 heavy (non-hydrogen) atoms. The van der Waals surface area contributed by atoms with Gasteiger partial charge in [-0.3, -0.25) is 0 Å². The summed E-state index contributed by atoms with van der Waals surface area (Å²) < 4.78 is 0. The van der Waals surface area contributed by atoms with Gasteiger partial charge in [0, 0.05) is 0 Å². The first-order chi connectivity index (χ1) is 6.79. The highest BCUT2D eigenvalue weighted by atomic mass is 15.3. The Labute approximate surface area is 83.3 Å². The van der Waals surface area contributed by atoms with E-state index in [9.17, 15) is 0 Å². The molecule has 4 nitrogen and oxygen atoms in total. The number of hydrogen-bond donors (Lipinski definition) is 3. The first-order valence-electron chi connectivity index (χ1n) is 4.32. The highest BCUT2D eigenvalue weighted by Gasteiger charge is 1.81. The highest BCUT2D eigenvalue weighted by molar-refractivity contribution is 5.75. The van der Waals surface area contributed by atoms with Gasteiger partial charge >= 0.3 is 0 Å². The Bertz CT molecular complexity index is 312. The van der Waals surface area contributed by atoms with Gasteiger partial charge in [-0.05, 0) is 5.56 Å². The third-order valence-corrected chi connectivity index (χ3v) is 1.53. The van der Waals surface area contributed by atoms with Crippen LogP contribution in [0, 0.1) is 0 Å². The van der Waals surface area contributed by atoms with Crippen molar-refractivity contribution in [1.29, 1.82) is 0 Å². The zero-order valence-electron chi connectivity index (χ0n) is 7.85. The molecule has 0 bridgehead atoms. The zero-order chi connectivity index (χ0) is 10.2. The van der Waals surface area contributed by atoms with Gasteiger partial charge in [0.2, 0.25) is 5.96 Å². The second-order valence-corrected chi connectivity index (χ2v) is 2.71. The largest absolute Gasteiger partial charge is 0.369 e. The normalized spacial score (nSPS) is 10.0. The van der Waals surface area contributed by atoms with Crippen molar-refractivity contribution in [1.82, 2.24) is 5.43 Å². The standard InChI is InChI=1S/C10H14N4/c11-10(12)14-13-8-4-7-9-5-2-1-3-6-9/h1-7,13H,8H2,(H4,11,12,14). The molecule has 0 fully saturated rings.